The first-order valence-electron chi connectivity index (χ1n) is 11.0. The maximum atomic E-state index is 14.4. The molecule has 0 spiro atoms. The Morgan fingerprint density at radius 2 is 1.84 bits per heavy atom. The van der Waals surface area contributed by atoms with E-state index in [2.05, 4.69) is 5.32 Å². The lowest BCUT2D eigenvalue weighted by Crippen LogP contribution is -2.61. The molecule has 2 aliphatic heterocycles. The summed E-state index contributed by atoms with van der Waals surface area (Å²) in [7, 11) is 0. The molecule has 2 aromatic carbocycles. The number of piperazine rings is 1. The zero-order chi connectivity index (χ0) is 22.5. The first-order chi connectivity index (χ1) is 15.3. The fourth-order valence-electron chi connectivity index (χ4n) is 4.92. The third kappa shape index (κ3) is 4.02. The molecule has 2 aromatic rings. The van der Waals surface area contributed by atoms with Crippen LogP contribution in [0.5, 0.6) is 0 Å². The number of amides is 1. The van der Waals surface area contributed by atoms with E-state index in [4.69, 9.17) is 0 Å². The first kappa shape index (κ1) is 21.1. The van der Waals surface area contributed by atoms with E-state index in [1.165, 1.54) is 18.2 Å². The maximum absolute atomic E-state index is 14.4. The van der Waals surface area contributed by atoms with Gasteiger partial charge in [-0.15, -0.1) is 0 Å². The van der Waals surface area contributed by atoms with Crippen molar-refractivity contribution in [1.29, 1.82) is 0 Å². The van der Waals surface area contributed by atoms with E-state index < -0.39 is 17.7 Å². The zero-order valence-electron chi connectivity index (χ0n) is 17.5. The Bertz CT molecular complexity index is 1020. The van der Waals surface area contributed by atoms with Gasteiger partial charge in [-0.25, -0.2) is 4.39 Å². The van der Waals surface area contributed by atoms with Crippen molar-refractivity contribution in [3.8, 4) is 0 Å². The number of benzene rings is 2. The van der Waals surface area contributed by atoms with Crippen LogP contribution in [0.1, 0.15) is 24.0 Å². The third-order valence-electron chi connectivity index (χ3n) is 6.83. The summed E-state index contributed by atoms with van der Waals surface area (Å²) in [5.41, 5.74) is 1.07. The van der Waals surface area contributed by atoms with Crippen LogP contribution in [0.25, 0.3) is 0 Å². The minimum Gasteiger partial charge on any atom is -0.365 e. The Hall–Kier alpha value is -2.77. The molecule has 0 bridgehead atoms. The molecule has 1 N–H and O–H groups in total. The summed E-state index contributed by atoms with van der Waals surface area (Å²) >= 11 is 0. The molecule has 0 aromatic heterocycles. The molecule has 5 rings (SSSR count). The molecule has 3 aliphatic rings. The van der Waals surface area contributed by atoms with Gasteiger partial charge in [-0.05, 0) is 61.1 Å². The Kier molecular flexibility index (Phi) is 5.26. The van der Waals surface area contributed by atoms with Gasteiger partial charge in [-0.2, -0.15) is 13.2 Å². The Balaban J connectivity index is 1.46. The molecule has 1 saturated carbocycles. The van der Waals surface area contributed by atoms with Crippen LogP contribution < -0.4 is 15.1 Å². The minimum atomic E-state index is -4.43. The van der Waals surface area contributed by atoms with Crippen LogP contribution in [0.15, 0.2) is 42.5 Å². The van der Waals surface area contributed by atoms with Gasteiger partial charge >= 0.3 is 6.18 Å². The summed E-state index contributed by atoms with van der Waals surface area (Å²) in [6, 6.07) is 10.1. The Morgan fingerprint density at radius 1 is 1.06 bits per heavy atom. The van der Waals surface area contributed by atoms with Crippen molar-refractivity contribution in [2.45, 2.75) is 31.5 Å². The highest BCUT2D eigenvalue weighted by Crippen LogP contribution is 2.40. The molecule has 0 unspecified atom stereocenters. The van der Waals surface area contributed by atoms with Gasteiger partial charge in [-0.1, -0.05) is 12.1 Å². The van der Waals surface area contributed by atoms with E-state index in [1.54, 1.807) is 18.2 Å². The van der Waals surface area contributed by atoms with Gasteiger partial charge in [0.1, 0.15) is 5.82 Å². The van der Waals surface area contributed by atoms with Gasteiger partial charge in [0.25, 0.3) is 0 Å². The molecule has 1 saturated heterocycles. The number of hydrogen-bond donors (Lipinski definition) is 1. The van der Waals surface area contributed by atoms with E-state index in [9.17, 15) is 22.4 Å². The number of nitrogens with one attached hydrogen (secondary N) is 1. The predicted molar refractivity (Wildman–Crippen MR) is 114 cm³/mol. The molecule has 2 heterocycles. The number of para-hydroxylation sites is 1. The third-order valence-corrected chi connectivity index (χ3v) is 6.83. The molecule has 1 amide bonds. The van der Waals surface area contributed by atoms with Crippen molar-refractivity contribution in [3.63, 3.8) is 0 Å². The van der Waals surface area contributed by atoms with E-state index in [0.717, 1.165) is 24.6 Å². The highest BCUT2D eigenvalue weighted by atomic mass is 19.4. The molecular formula is C24H25F4N3O. The van der Waals surface area contributed by atoms with Crippen LogP contribution >= 0.6 is 0 Å². The van der Waals surface area contributed by atoms with Crippen LogP contribution in [0, 0.1) is 17.7 Å². The number of fused-ring (bicyclic) bond motifs is 3. The second-order valence-electron chi connectivity index (χ2n) is 9.00. The van der Waals surface area contributed by atoms with E-state index >= 15 is 0 Å². The molecule has 2 fully saturated rings. The SMILES string of the molecule is O=C(NCC1CC1)[C@H]1Cc2cc(C(F)(F)F)ccc2N2CCN(c3ccccc3F)C[C@@H]12. The minimum absolute atomic E-state index is 0.134. The van der Waals surface area contributed by atoms with Crippen molar-refractivity contribution in [3.05, 3.63) is 59.4 Å². The highest BCUT2D eigenvalue weighted by molar-refractivity contribution is 5.82. The summed E-state index contributed by atoms with van der Waals surface area (Å²) in [4.78, 5) is 17.1. The summed E-state index contributed by atoms with van der Waals surface area (Å²) in [6.07, 6.45) is -2.00. The first-order valence-corrected chi connectivity index (χ1v) is 11.0. The summed E-state index contributed by atoms with van der Waals surface area (Å²) in [6.45, 7) is 2.06. The molecule has 0 radical (unpaired) electrons. The van der Waals surface area contributed by atoms with Crippen molar-refractivity contribution in [2.24, 2.45) is 11.8 Å². The van der Waals surface area contributed by atoms with E-state index in [1.807, 2.05) is 9.80 Å². The van der Waals surface area contributed by atoms with Gasteiger partial charge in [0.15, 0.2) is 0 Å². The van der Waals surface area contributed by atoms with Gasteiger partial charge in [0.2, 0.25) is 5.91 Å². The lowest BCUT2D eigenvalue weighted by Gasteiger charge is -2.49. The second-order valence-corrected chi connectivity index (χ2v) is 9.00. The average Bonchev–Trinajstić information content (AvgIpc) is 3.60. The topological polar surface area (TPSA) is 35.6 Å². The number of hydrogen-bond acceptors (Lipinski definition) is 3. The quantitative estimate of drug-likeness (QED) is 0.713. The molecule has 2 atom stereocenters. The maximum Gasteiger partial charge on any atom is 0.416 e. The highest BCUT2D eigenvalue weighted by Gasteiger charge is 2.43. The van der Waals surface area contributed by atoms with Crippen molar-refractivity contribution in [1.82, 2.24) is 5.32 Å². The Morgan fingerprint density at radius 3 is 2.56 bits per heavy atom. The van der Waals surface area contributed by atoms with Crippen LogP contribution in [-0.4, -0.2) is 38.1 Å². The monoisotopic (exact) mass is 447 g/mol. The normalized spacial score (nSPS) is 22.9. The molecule has 8 heteroatoms. The van der Waals surface area contributed by atoms with Gasteiger partial charge < -0.3 is 15.1 Å². The molecule has 4 nitrogen and oxygen atoms in total. The second kappa shape index (κ2) is 7.98. The van der Waals surface area contributed by atoms with E-state index in [0.29, 0.717) is 43.3 Å². The fourth-order valence-corrected chi connectivity index (χ4v) is 4.92. The Labute approximate surface area is 184 Å². The van der Waals surface area contributed by atoms with Gasteiger partial charge in [0.05, 0.1) is 23.2 Å². The lowest BCUT2D eigenvalue weighted by atomic mass is 9.82. The fraction of sp³-hybridized carbons (Fsp3) is 0.458. The van der Waals surface area contributed by atoms with Crippen LogP contribution in [0.3, 0.4) is 0 Å². The zero-order valence-corrected chi connectivity index (χ0v) is 17.5. The summed E-state index contributed by atoms with van der Waals surface area (Å²) in [5, 5.41) is 3.01. The van der Waals surface area contributed by atoms with Crippen molar-refractivity contribution >= 4 is 17.3 Å². The summed E-state index contributed by atoms with van der Waals surface area (Å²) in [5.74, 6) is -0.449. The van der Waals surface area contributed by atoms with E-state index in [-0.39, 0.29) is 24.2 Å². The number of carbonyl (C=O) groups is 1. The van der Waals surface area contributed by atoms with Crippen LogP contribution in [0.4, 0.5) is 28.9 Å². The van der Waals surface area contributed by atoms with Crippen molar-refractivity contribution < 1.29 is 22.4 Å². The molecular weight excluding hydrogens is 422 g/mol. The largest absolute Gasteiger partial charge is 0.416 e. The smallest absolute Gasteiger partial charge is 0.365 e. The van der Waals surface area contributed by atoms with Gasteiger partial charge in [-0.3, -0.25) is 4.79 Å². The molecule has 32 heavy (non-hydrogen) atoms. The lowest BCUT2D eigenvalue weighted by molar-refractivity contribution is -0.137. The molecule has 170 valence electrons. The average molecular weight is 447 g/mol. The van der Waals surface area contributed by atoms with Crippen LogP contribution in [0.2, 0.25) is 0 Å². The number of halogens is 4. The predicted octanol–water partition coefficient (Wildman–Crippen LogP) is 4.24. The number of rotatable bonds is 4. The summed E-state index contributed by atoms with van der Waals surface area (Å²) < 4.78 is 54.3. The number of anilines is 2. The number of nitrogens with zero attached hydrogens (tertiary/aromatic N) is 2. The van der Waals surface area contributed by atoms with Crippen molar-refractivity contribution in [2.75, 3.05) is 36.0 Å². The van der Waals surface area contributed by atoms with Crippen LogP contribution in [-0.2, 0) is 17.4 Å². The van der Waals surface area contributed by atoms with Gasteiger partial charge in [0, 0.05) is 31.9 Å². The number of carbonyl (C=O) groups excluding carboxylic acids is 1. The molecule has 1 aliphatic carbocycles. The number of alkyl halides is 3. The standard InChI is InChI=1S/C24H25F4N3O/c25-19-3-1-2-4-21(19)30-9-10-31-20-8-7-17(24(26,27)28)11-16(20)12-18(22(31)14-30)23(32)29-13-15-5-6-15/h1-4,7-8,11,15,18,22H,5-6,9-10,12-14H2,(H,29,32)/t18-,22-/m0/s1.